The molecule has 1 aliphatic rings. The van der Waals surface area contributed by atoms with Crippen molar-refractivity contribution in [3.05, 3.63) is 82.3 Å². The predicted molar refractivity (Wildman–Crippen MR) is 125 cm³/mol. The van der Waals surface area contributed by atoms with Gasteiger partial charge in [-0.2, -0.15) is 0 Å². The second-order valence-electron chi connectivity index (χ2n) is 7.87. The summed E-state index contributed by atoms with van der Waals surface area (Å²) in [7, 11) is 0. The molecule has 7 heteroatoms. The van der Waals surface area contributed by atoms with E-state index in [0.29, 0.717) is 23.1 Å². The highest BCUT2D eigenvalue weighted by molar-refractivity contribution is 7.80. The minimum absolute atomic E-state index is 0.0596. The number of pyridine rings is 1. The second-order valence-corrected chi connectivity index (χ2v) is 8.68. The molecule has 0 radical (unpaired) electrons. The fraction of sp³-hybridized carbons (Fsp3) is 0.250. The van der Waals surface area contributed by atoms with Crippen LogP contribution in [0.5, 0.6) is 0 Å². The van der Waals surface area contributed by atoms with E-state index in [1.807, 2.05) is 43.3 Å². The number of halogens is 2. The van der Waals surface area contributed by atoms with E-state index in [4.69, 9.17) is 11.6 Å². The SMILES string of the molecule is Cc1cccc(Nc2c(C3CN(C=O)CCC3c3ccc(F)cc3)cnc(S)c2Cl)c1. The fourth-order valence-corrected chi connectivity index (χ4v) is 4.64. The molecule has 1 aromatic heterocycles. The molecule has 4 nitrogen and oxygen atoms in total. The lowest BCUT2D eigenvalue weighted by Crippen LogP contribution is -2.37. The van der Waals surface area contributed by atoms with Gasteiger partial charge in [-0.1, -0.05) is 35.9 Å². The van der Waals surface area contributed by atoms with Gasteiger partial charge in [-0.3, -0.25) is 4.79 Å². The molecule has 0 spiro atoms. The number of piperidine rings is 1. The van der Waals surface area contributed by atoms with E-state index in [1.54, 1.807) is 11.1 Å². The van der Waals surface area contributed by atoms with Crippen molar-refractivity contribution in [2.24, 2.45) is 0 Å². The summed E-state index contributed by atoms with van der Waals surface area (Å²) >= 11 is 11.1. The van der Waals surface area contributed by atoms with Crippen molar-refractivity contribution in [2.75, 3.05) is 18.4 Å². The van der Waals surface area contributed by atoms with Crippen molar-refractivity contribution in [1.29, 1.82) is 0 Å². The quantitative estimate of drug-likeness (QED) is 0.369. The molecule has 31 heavy (non-hydrogen) atoms. The van der Waals surface area contributed by atoms with Crippen LogP contribution in [-0.2, 0) is 4.79 Å². The molecule has 160 valence electrons. The molecule has 1 N–H and O–H groups in total. The maximum atomic E-state index is 13.5. The van der Waals surface area contributed by atoms with Crippen molar-refractivity contribution in [3.63, 3.8) is 0 Å². The van der Waals surface area contributed by atoms with Gasteiger partial charge in [0.2, 0.25) is 6.41 Å². The third kappa shape index (κ3) is 4.70. The molecule has 1 aliphatic heterocycles. The van der Waals surface area contributed by atoms with Crippen LogP contribution in [-0.4, -0.2) is 29.4 Å². The minimum Gasteiger partial charge on any atom is -0.354 e. The molecule has 2 aromatic carbocycles. The van der Waals surface area contributed by atoms with Gasteiger partial charge in [0.05, 0.1) is 10.7 Å². The Labute approximate surface area is 191 Å². The Hall–Kier alpha value is -2.57. The van der Waals surface area contributed by atoms with Gasteiger partial charge in [0, 0.05) is 36.5 Å². The zero-order valence-corrected chi connectivity index (χ0v) is 18.7. The molecular weight excluding hydrogens is 433 g/mol. The lowest BCUT2D eigenvalue weighted by atomic mass is 9.76. The van der Waals surface area contributed by atoms with Gasteiger partial charge in [0.15, 0.2) is 0 Å². The first-order valence-corrected chi connectivity index (χ1v) is 10.9. The number of anilines is 2. The van der Waals surface area contributed by atoms with Crippen molar-refractivity contribution >= 4 is 42.0 Å². The predicted octanol–water partition coefficient (Wildman–Crippen LogP) is 5.94. The Morgan fingerprint density at radius 3 is 2.71 bits per heavy atom. The Bertz CT molecular complexity index is 1090. The largest absolute Gasteiger partial charge is 0.354 e. The van der Waals surface area contributed by atoms with Crippen molar-refractivity contribution in [3.8, 4) is 0 Å². The first-order valence-electron chi connectivity index (χ1n) is 10.1. The Kier molecular flexibility index (Phi) is 6.49. The molecule has 0 bridgehead atoms. The number of rotatable bonds is 5. The van der Waals surface area contributed by atoms with Crippen LogP contribution in [0.1, 0.15) is 34.9 Å². The molecule has 0 aliphatic carbocycles. The Morgan fingerprint density at radius 1 is 1.23 bits per heavy atom. The van der Waals surface area contributed by atoms with E-state index >= 15 is 0 Å². The summed E-state index contributed by atoms with van der Waals surface area (Å²) in [5, 5.41) is 4.31. The Balaban J connectivity index is 1.79. The van der Waals surface area contributed by atoms with E-state index in [2.05, 4.69) is 22.9 Å². The monoisotopic (exact) mass is 455 g/mol. The van der Waals surface area contributed by atoms with Crippen LogP contribution in [0.4, 0.5) is 15.8 Å². The smallest absolute Gasteiger partial charge is 0.209 e. The van der Waals surface area contributed by atoms with Gasteiger partial charge in [0.25, 0.3) is 0 Å². The highest BCUT2D eigenvalue weighted by Gasteiger charge is 2.34. The van der Waals surface area contributed by atoms with E-state index in [1.165, 1.54) is 12.1 Å². The summed E-state index contributed by atoms with van der Waals surface area (Å²) in [5.41, 5.74) is 4.70. The lowest BCUT2D eigenvalue weighted by molar-refractivity contribution is -0.119. The van der Waals surface area contributed by atoms with Gasteiger partial charge < -0.3 is 10.2 Å². The number of amides is 1. The fourth-order valence-electron chi connectivity index (χ4n) is 4.26. The molecule has 1 saturated heterocycles. The lowest BCUT2D eigenvalue weighted by Gasteiger charge is -2.38. The highest BCUT2D eigenvalue weighted by Crippen LogP contribution is 2.45. The zero-order valence-electron chi connectivity index (χ0n) is 17.1. The van der Waals surface area contributed by atoms with Gasteiger partial charge >= 0.3 is 0 Å². The van der Waals surface area contributed by atoms with Crippen LogP contribution >= 0.6 is 24.2 Å². The summed E-state index contributed by atoms with van der Waals surface area (Å²) in [6.45, 7) is 3.20. The summed E-state index contributed by atoms with van der Waals surface area (Å²) in [5.74, 6) is -0.231. The molecule has 1 fully saturated rings. The van der Waals surface area contributed by atoms with E-state index in [9.17, 15) is 9.18 Å². The average Bonchev–Trinajstić information content (AvgIpc) is 2.77. The molecule has 3 aromatic rings. The first kappa shape index (κ1) is 21.7. The van der Waals surface area contributed by atoms with Crippen LogP contribution in [0.3, 0.4) is 0 Å². The minimum atomic E-state index is -0.267. The molecule has 2 atom stereocenters. The van der Waals surface area contributed by atoms with Gasteiger partial charge in [-0.15, -0.1) is 12.6 Å². The number of likely N-dealkylation sites (tertiary alicyclic amines) is 1. The van der Waals surface area contributed by atoms with Gasteiger partial charge in [-0.05, 0) is 54.7 Å². The van der Waals surface area contributed by atoms with Crippen LogP contribution in [0, 0.1) is 12.7 Å². The zero-order chi connectivity index (χ0) is 22.0. The van der Waals surface area contributed by atoms with E-state index in [-0.39, 0.29) is 17.7 Å². The first-order chi connectivity index (χ1) is 15.0. The van der Waals surface area contributed by atoms with Gasteiger partial charge in [-0.25, -0.2) is 9.37 Å². The van der Waals surface area contributed by atoms with Crippen molar-refractivity contribution < 1.29 is 9.18 Å². The molecule has 2 heterocycles. The van der Waals surface area contributed by atoms with Gasteiger partial charge in [0.1, 0.15) is 10.8 Å². The maximum absolute atomic E-state index is 13.5. The highest BCUT2D eigenvalue weighted by atomic mass is 35.5. The van der Waals surface area contributed by atoms with Crippen LogP contribution in [0.2, 0.25) is 5.02 Å². The normalized spacial score (nSPS) is 18.6. The number of aromatic nitrogens is 1. The number of aryl methyl sites for hydroxylation is 1. The van der Waals surface area contributed by atoms with Crippen LogP contribution in [0.15, 0.2) is 59.8 Å². The third-order valence-electron chi connectivity index (χ3n) is 5.81. The Morgan fingerprint density at radius 2 is 2.00 bits per heavy atom. The topological polar surface area (TPSA) is 45.2 Å². The molecule has 2 unspecified atom stereocenters. The standard InChI is InChI=1S/C24H23ClFN3OS/c1-15-3-2-4-18(11-15)28-23-20(12-27-24(31)22(23)25)21-13-29(14-30)10-9-19(21)16-5-7-17(26)8-6-16/h2-8,11-12,14,19,21H,9-10,13H2,1H3,(H2,27,28,31). The number of carbonyl (C=O) groups is 1. The number of thiol groups is 1. The second kappa shape index (κ2) is 9.28. The summed E-state index contributed by atoms with van der Waals surface area (Å²) in [4.78, 5) is 17.7. The molecule has 0 saturated carbocycles. The summed E-state index contributed by atoms with van der Waals surface area (Å²) in [6.07, 6.45) is 3.42. The number of benzene rings is 2. The third-order valence-corrected chi connectivity index (χ3v) is 6.65. The van der Waals surface area contributed by atoms with Crippen molar-refractivity contribution in [1.82, 2.24) is 9.88 Å². The van der Waals surface area contributed by atoms with Crippen LogP contribution in [0.25, 0.3) is 0 Å². The number of nitrogens with one attached hydrogen (secondary N) is 1. The summed E-state index contributed by atoms with van der Waals surface area (Å²) in [6, 6.07) is 14.6. The average molecular weight is 456 g/mol. The van der Waals surface area contributed by atoms with E-state index in [0.717, 1.165) is 40.9 Å². The van der Waals surface area contributed by atoms with Crippen LogP contribution < -0.4 is 5.32 Å². The summed E-state index contributed by atoms with van der Waals surface area (Å²) < 4.78 is 13.5. The number of hydrogen-bond donors (Lipinski definition) is 2. The maximum Gasteiger partial charge on any atom is 0.209 e. The molecular formula is C24H23ClFN3OS. The molecule has 4 rings (SSSR count). The number of carbonyl (C=O) groups excluding carboxylic acids is 1. The van der Waals surface area contributed by atoms with E-state index < -0.39 is 0 Å². The molecule has 1 amide bonds. The number of hydrogen-bond acceptors (Lipinski definition) is 4. The number of nitrogens with zero attached hydrogens (tertiary/aromatic N) is 2. The van der Waals surface area contributed by atoms with Crippen molar-refractivity contribution in [2.45, 2.75) is 30.2 Å².